The molecule has 1 aromatic carbocycles. The largest absolute Gasteiger partial charge is 0.311 e. The van der Waals surface area contributed by atoms with Gasteiger partial charge in [-0.15, -0.1) is 0 Å². The number of benzene rings is 1. The molecule has 1 aromatic rings. The number of rotatable bonds is 5. The summed E-state index contributed by atoms with van der Waals surface area (Å²) in [5.41, 5.74) is 1.28. The quantitative estimate of drug-likeness (QED) is 0.866. The molecular weight excluding hydrogens is 227 g/mol. The Morgan fingerprint density at radius 3 is 2.28 bits per heavy atom. The molecule has 102 valence electrons. The summed E-state index contributed by atoms with van der Waals surface area (Å²) in [6, 6.07) is 7.16. The van der Waals surface area contributed by atoms with Gasteiger partial charge in [-0.25, -0.2) is 4.39 Å². The minimum Gasteiger partial charge on any atom is -0.311 e. The molecule has 0 spiro atoms. The highest BCUT2D eigenvalue weighted by atomic mass is 19.1. The molecule has 0 aliphatic carbocycles. The zero-order chi connectivity index (χ0) is 13.8. The van der Waals surface area contributed by atoms with Gasteiger partial charge in [-0.05, 0) is 52.4 Å². The monoisotopic (exact) mass is 252 g/mol. The van der Waals surface area contributed by atoms with Crippen LogP contribution < -0.4 is 5.32 Å². The lowest BCUT2D eigenvalue weighted by atomic mass is 10.1. The van der Waals surface area contributed by atoms with E-state index in [1.165, 1.54) is 12.1 Å². The van der Waals surface area contributed by atoms with Crippen molar-refractivity contribution in [1.82, 2.24) is 10.2 Å². The summed E-state index contributed by atoms with van der Waals surface area (Å²) in [5.74, 6) is -0.177. The van der Waals surface area contributed by atoms with Gasteiger partial charge in [0.05, 0.1) is 0 Å². The fourth-order valence-corrected chi connectivity index (χ4v) is 1.64. The van der Waals surface area contributed by atoms with E-state index < -0.39 is 0 Å². The van der Waals surface area contributed by atoms with Crippen molar-refractivity contribution in [1.29, 1.82) is 0 Å². The highest BCUT2D eigenvalue weighted by molar-refractivity contribution is 5.15. The summed E-state index contributed by atoms with van der Waals surface area (Å²) in [6.45, 7) is 10.5. The molecule has 1 rings (SSSR count). The van der Waals surface area contributed by atoms with Crippen LogP contribution in [0.3, 0.4) is 0 Å². The minimum absolute atomic E-state index is 0.144. The number of hydrogen-bond donors (Lipinski definition) is 1. The molecule has 1 atom stereocenters. The van der Waals surface area contributed by atoms with Gasteiger partial charge in [0.1, 0.15) is 5.82 Å². The Balaban J connectivity index is 2.44. The predicted octanol–water partition coefficient (Wildman–Crippen LogP) is 3.03. The third-order valence-corrected chi connectivity index (χ3v) is 3.03. The summed E-state index contributed by atoms with van der Waals surface area (Å²) < 4.78 is 12.8. The summed E-state index contributed by atoms with van der Waals surface area (Å²) in [6.07, 6.45) is 0. The lowest BCUT2D eigenvalue weighted by Crippen LogP contribution is -2.44. The first-order chi connectivity index (χ1) is 8.28. The Bertz CT molecular complexity index is 354. The van der Waals surface area contributed by atoms with Crippen molar-refractivity contribution >= 4 is 0 Å². The number of hydrogen-bond acceptors (Lipinski definition) is 2. The van der Waals surface area contributed by atoms with Crippen LogP contribution in [0.4, 0.5) is 4.39 Å². The van der Waals surface area contributed by atoms with Gasteiger partial charge in [0.2, 0.25) is 0 Å². The molecule has 0 fully saturated rings. The van der Waals surface area contributed by atoms with Crippen LogP contribution in [0.2, 0.25) is 0 Å². The molecular formula is C15H25FN2. The third kappa shape index (κ3) is 5.61. The van der Waals surface area contributed by atoms with Crippen molar-refractivity contribution < 1.29 is 4.39 Å². The first-order valence-corrected chi connectivity index (χ1v) is 6.47. The molecule has 0 amide bonds. The summed E-state index contributed by atoms with van der Waals surface area (Å²) >= 11 is 0. The molecule has 0 bridgehead atoms. The van der Waals surface area contributed by atoms with Crippen LogP contribution >= 0.6 is 0 Å². The summed E-state index contributed by atoms with van der Waals surface area (Å²) in [7, 11) is 2.10. The minimum atomic E-state index is -0.177. The van der Waals surface area contributed by atoms with Gasteiger partial charge in [-0.1, -0.05) is 12.1 Å². The molecule has 0 aromatic heterocycles. The van der Waals surface area contributed by atoms with Gasteiger partial charge < -0.3 is 5.32 Å². The molecule has 0 aliphatic heterocycles. The smallest absolute Gasteiger partial charge is 0.123 e. The van der Waals surface area contributed by atoms with Gasteiger partial charge in [0.15, 0.2) is 0 Å². The van der Waals surface area contributed by atoms with E-state index in [-0.39, 0.29) is 11.4 Å². The Kier molecular flexibility index (Phi) is 5.29. The van der Waals surface area contributed by atoms with Crippen LogP contribution in [0.15, 0.2) is 24.3 Å². The van der Waals surface area contributed by atoms with Gasteiger partial charge in [0, 0.05) is 24.7 Å². The average molecular weight is 252 g/mol. The molecule has 0 aliphatic rings. The fraction of sp³-hybridized carbons (Fsp3) is 0.600. The highest BCUT2D eigenvalue weighted by Crippen LogP contribution is 2.08. The molecule has 0 radical (unpaired) electrons. The standard InChI is InChI=1S/C15H25FN2/c1-12(10-17-15(2,3)4)18(5)11-13-6-8-14(16)9-7-13/h6-9,12,17H,10-11H2,1-5H3. The second-order valence-electron chi connectivity index (χ2n) is 6.02. The van der Waals surface area contributed by atoms with E-state index in [0.717, 1.165) is 18.7 Å². The summed E-state index contributed by atoms with van der Waals surface area (Å²) in [4.78, 5) is 2.27. The van der Waals surface area contributed by atoms with Crippen molar-refractivity contribution in [2.24, 2.45) is 0 Å². The Morgan fingerprint density at radius 1 is 1.22 bits per heavy atom. The van der Waals surface area contributed by atoms with Crippen molar-refractivity contribution in [3.8, 4) is 0 Å². The van der Waals surface area contributed by atoms with Crippen LogP contribution in [-0.4, -0.2) is 30.1 Å². The van der Waals surface area contributed by atoms with Crippen molar-refractivity contribution in [3.05, 3.63) is 35.6 Å². The normalized spacial score (nSPS) is 13.9. The molecule has 0 saturated heterocycles. The number of nitrogens with zero attached hydrogens (tertiary/aromatic N) is 1. The molecule has 3 heteroatoms. The highest BCUT2D eigenvalue weighted by Gasteiger charge is 2.14. The van der Waals surface area contributed by atoms with E-state index in [2.05, 4.69) is 45.0 Å². The van der Waals surface area contributed by atoms with Gasteiger partial charge in [-0.3, -0.25) is 4.90 Å². The third-order valence-electron chi connectivity index (χ3n) is 3.03. The van der Waals surface area contributed by atoms with Crippen LogP contribution in [0.25, 0.3) is 0 Å². The van der Waals surface area contributed by atoms with Crippen LogP contribution in [-0.2, 0) is 6.54 Å². The van der Waals surface area contributed by atoms with Gasteiger partial charge >= 0.3 is 0 Å². The number of likely N-dealkylation sites (N-methyl/N-ethyl adjacent to an activating group) is 1. The molecule has 0 saturated carbocycles. The zero-order valence-electron chi connectivity index (χ0n) is 12.1. The Labute approximate surface area is 110 Å². The maximum Gasteiger partial charge on any atom is 0.123 e. The molecule has 1 N–H and O–H groups in total. The number of halogens is 1. The maximum absolute atomic E-state index is 12.8. The molecule has 0 heterocycles. The van der Waals surface area contributed by atoms with E-state index >= 15 is 0 Å². The maximum atomic E-state index is 12.8. The SMILES string of the molecule is CC(CNC(C)(C)C)N(C)Cc1ccc(F)cc1. The predicted molar refractivity (Wildman–Crippen MR) is 75.1 cm³/mol. The molecule has 18 heavy (non-hydrogen) atoms. The van der Waals surface area contributed by atoms with E-state index in [4.69, 9.17) is 0 Å². The number of nitrogens with one attached hydrogen (secondary N) is 1. The zero-order valence-corrected chi connectivity index (χ0v) is 12.1. The molecule has 1 unspecified atom stereocenters. The van der Waals surface area contributed by atoms with Crippen LogP contribution in [0, 0.1) is 5.82 Å². The second-order valence-corrected chi connectivity index (χ2v) is 6.02. The Hall–Kier alpha value is -0.930. The first kappa shape index (κ1) is 15.1. The van der Waals surface area contributed by atoms with Crippen molar-refractivity contribution in [2.45, 2.75) is 45.8 Å². The van der Waals surface area contributed by atoms with E-state index in [1.807, 2.05) is 12.1 Å². The van der Waals surface area contributed by atoms with E-state index in [9.17, 15) is 4.39 Å². The second kappa shape index (κ2) is 6.30. The fourth-order valence-electron chi connectivity index (χ4n) is 1.64. The Morgan fingerprint density at radius 2 is 1.78 bits per heavy atom. The topological polar surface area (TPSA) is 15.3 Å². The van der Waals surface area contributed by atoms with Crippen molar-refractivity contribution in [2.75, 3.05) is 13.6 Å². The van der Waals surface area contributed by atoms with Crippen LogP contribution in [0.5, 0.6) is 0 Å². The van der Waals surface area contributed by atoms with E-state index in [0.29, 0.717) is 6.04 Å². The van der Waals surface area contributed by atoms with Crippen molar-refractivity contribution in [3.63, 3.8) is 0 Å². The molecule has 2 nitrogen and oxygen atoms in total. The lowest BCUT2D eigenvalue weighted by molar-refractivity contribution is 0.228. The summed E-state index contributed by atoms with van der Waals surface area (Å²) in [5, 5.41) is 3.50. The van der Waals surface area contributed by atoms with Gasteiger partial charge in [-0.2, -0.15) is 0 Å². The average Bonchev–Trinajstić information content (AvgIpc) is 2.28. The van der Waals surface area contributed by atoms with E-state index in [1.54, 1.807) is 0 Å². The van der Waals surface area contributed by atoms with Crippen LogP contribution in [0.1, 0.15) is 33.3 Å². The van der Waals surface area contributed by atoms with Gasteiger partial charge in [0.25, 0.3) is 0 Å². The first-order valence-electron chi connectivity index (χ1n) is 6.47. The lowest BCUT2D eigenvalue weighted by Gasteiger charge is -2.29.